The lowest BCUT2D eigenvalue weighted by Crippen LogP contribution is -2.03. The maximum atomic E-state index is 12.6. The standard InChI is InChI=1S/C18H17F3O3/c1-22-15-10-13(11-16(23-2)17(15)24-3)5-4-12-6-8-14(9-7-12)18(19,20)21/h4-11H,1-3H3/b5-4-. The van der Waals surface area contributed by atoms with Crippen molar-refractivity contribution in [2.24, 2.45) is 0 Å². The van der Waals surface area contributed by atoms with E-state index in [9.17, 15) is 13.2 Å². The van der Waals surface area contributed by atoms with E-state index in [1.807, 2.05) is 0 Å². The van der Waals surface area contributed by atoms with E-state index in [0.29, 0.717) is 22.8 Å². The van der Waals surface area contributed by atoms with Gasteiger partial charge in [0.2, 0.25) is 5.75 Å². The molecule has 2 aromatic rings. The summed E-state index contributed by atoms with van der Waals surface area (Å²) in [6.07, 6.45) is -0.868. The summed E-state index contributed by atoms with van der Waals surface area (Å²) in [7, 11) is 4.54. The highest BCUT2D eigenvalue weighted by molar-refractivity contribution is 5.72. The molecule has 0 aromatic heterocycles. The van der Waals surface area contributed by atoms with Crippen molar-refractivity contribution in [3.8, 4) is 17.2 Å². The second-order valence-corrected chi connectivity index (χ2v) is 4.91. The van der Waals surface area contributed by atoms with Crippen LogP contribution in [0.4, 0.5) is 13.2 Å². The van der Waals surface area contributed by atoms with Crippen molar-refractivity contribution in [1.82, 2.24) is 0 Å². The van der Waals surface area contributed by atoms with Crippen LogP contribution >= 0.6 is 0 Å². The molecule has 6 heteroatoms. The van der Waals surface area contributed by atoms with Crippen molar-refractivity contribution < 1.29 is 27.4 Å². The second-order valence-electron chi connectivity index (χ2n) is 4.91. The van der Waals surface area contributed by atoms with Crippen LogP contribution in [0.15, 0.2) is 36.4 Å². The zero-order chi connectivity index (χ0) is 17.7. The molecule has 2 rings (SSSR count). The molecule has 3 nitrogen and oxygen atoms in total. The molecule has 2 aromatic carbocycles. The molecule has 128 valence electrons. The Morgan fingerprint density at radius 1 is 0.750 bits per heavy atom. The Kier molecular flexibility index (Phi) is 5.39. The van der Waals surface area contributed by atoms with Crippen LogP contribution in [0.5, 0.6) is 17.2 Å². The molecular formula is C18H17F3O3. The fourth-order valence-corrected chi connectivity index (χ4v) is 2.17. The highest BCUT2D eigenvalue weighted by Gasteiger charge is 2.29. The number of halogens is 3. The molecule has 24 heavy (non-hydrogen) atoms. The molecule has 0 bridgehead atoms. The SMILES string of the molecule is COc1cc(/C=C\c2ccc(C(F)(F)F)cc2)cc(OC)c1OC. The molecule has 0 aliphatic carbocycles. The second kappa shape index (κ2) is 7.29. The minimum absolute atomic E-state index is 0.478. The highest BCUT2D eigenvalue weighted by Crippen LogP contribution is 2.38. The van der Waals surface area contributed by atoms with Gasteiger partial charge in [0.15, 0.2) is 11.5 Å². The number of hydrogen-bond donors (Lipinski definition) is 0. The maximum absolute atomic E-state index is 12.6. The van der Waals surface area contributed by atoms with E-state index in [2.05, 4.69) is 0 Å². The van der Waals surface area contributed by atoms with Gasteiger partial charge in [-0.2, -0.15) is 13.2 Å². The topological polar surface area (TPSA) is 27.7 Å². The van der Waals surface area contributed by atoms with Crippen LogP contribution < -0.4 is 14.2 Å². The maximum Gasteiger partial charge on any atom is 0.416 e. The van der Waals surface area contributed by atoms with Gasteiger partial charge in [-0.25, -0.2) is 0 Å². The van der Waals surface area contributed by atoms with Gasteiger partial charge in [-0.1, -0.05) is 24.3 Å². The average Bonchev–Trinajstić information content (AvgIpc) is 2.58. The number of methoxy groups -OCH3 is 3. The number of alkyl halides is 3. The number of rotatable bonds is 5. The first-order valence-corrected chi connectivity index (χ1v) is 7.04. The lowest BCUT2D eigenvalue weighted by atomic mass is 10.1. The first-order chi connectivity index (χ1) is 11.4. The van der Waals surface area contributed by atoms with Crippen LogP contribution in [0.25, 0.3) is 12.2 Å². The third-order valence-electron chi connectivity index (χ3n) is 3.39. The summed E-state index contributed by atoms with van der Waals surface area (Å²) in [5, 5.41) is 0. The van der Waals surface area contributed by atoms with E-state index in [-0.39, 0.29) is 0 Å². The molecule has 0 heterocycles. The Morgan fingerprint density at radius 2 is 1.25 bits per heavy atom. The molecule has 0 saturated carbocycles. The molecule has 0 atom stereocenters. The monoisotopic (exact) mass is 338 g/mol. The lowest BCUT2D eigenvalue weighted by Gasteiger charge is -2.12. The van der Waals surface area contributed by atoms with Gasteiger partial charge in [-0.15, -0.1) is 0 Å². The Hall–Kier alpha value is -2.63. The van der Waals surface area contributed by atoms with Crippen LogP contribution in [0.3, 0.4) is 0 Å². The highest BCUT2D eigenvalue weighted by atomic mass is 19.4. The molecule has 0 spiro atoms. The predicted octanol–water partition coefficient (Wildman–Crippen LogP) is 4.90. The van der Waals surface area contributed by atoms with Gasteiger partial charge in [0.1, 0.15) is 0 Å². The van der Waals surface area contributed by atoms with E-state index >= 15 is 0 Å². The van der Waals surface area contributed by atoms with Crippen LogP contribution in [0.2, 0.25) is 0 Å². The van der Waals surface area contributed by atoms with Crippen LogP contribution in [0.1, 0.15) is 16.7 Å². The molecular weight excluding hydrogens is 321 g/mol. The van der Waals surface area contributed by atoms with Crippen LogP contribution in [-0.4, -0.2) is 21.3 Å². The molecule has 0 saturated heterocycles. The largest absolute Gasteiger partial charge is 0.493 e. The van der Waals surface area contributed by atoms with Gasteiger partial charge in [0, 0.05) is 0 Å². The quantitative estimate of drug-likeness (QED) is 0.726. The van der Waals surface area contributed by atoms with Gasteiger partial charge in [-0.05, 0) is 35.4 Å². The van der Waals surface area contributed by atoms with E-state index in [0.717, 1.165) is 17.7 Å². The fraction of sp³-hybridized carbons (Fsp3) is 0.222. The van der Waals surface area contributed by atoms with Gasteiger partial charge in [-0.3, -0.25) is 0 Å². The number of hydrogen-bond acceptors (Lipinski definition) is 3. The smallest absolute Gasteiger partial charge is 0.416 e. The Labute approximate surface area is 138 Å². The van der Waals surface area contributed by atoms with Crippen molar-refractivity contribution >= 4 is 12.2 Å². The Balaban J connectivity index is 2.28. The van der Waals surface area contributed by atoms with Gasteiger partial charge >= 0.3 is 6.18 Å². The van der Waals surface area contributed by atoms with Gasteiger partial charge in [0.25, 0.3) is 0 Å². The zero-order valence-corrected chi connectivity index (χ0v) is 13.5. The summed E-state index contributed by atoms with van der Waals surface area (Å²) in [5.74, 6) is 1.49. The van der Waals surface area contributed by atoms with Crippen molar-refractivity contribution in [3.05, 3.63) is 53.1 Å². The van der Waals surface area contributed by atoms with Crippen molar-refractivity contribution in [2.75, 3.05) is 21.3 Å². The number of ether oxygens (including phenoxy) is 3. The molecule has 0 N–H and O–H groups in total. The van der Waals surface area contributed by atoms with E-state index < -0.39 is 11.7 Å². The summed E-state index contributed by atoms with van der Waals surface area (Å²) in [6, 6.07) is 8.43. The molecule has 0 fully saturated rings. The first-order valence-electron chi connectivity index (χ1n) is 7.04. The number of benzene rings is 2. The Morgan fingerprint density at radius 3 is 1.67 bits per heavy atom. The minimum Gasteiger partial charge on any atom is -0.493 e. The molecule has 0 aliphatic rings. The zero-order valence-electron chi connectivity index (χ0n) is 13.5. The lowest BCUT2D eigenvalue weighted by molar-refractivity contribution is -0.137. The van der Waals surface area contributed by atoms with Crippen LogP contribution in [-0.2, 0) is 6.18 Å². The van der Waals surface area contributed by atoms with Gasteiger partial charge < -0.3 is 14.2 Å². The normalized spacial score (nSPS) is 11.6. The summed E-state index contributed by atoms with van der Waals surface area (Å²) in [6.45, 7) is 0. The summed E-state index contributed by atoms with van der Waals surface area (Å²) < 4.78 is 53.4. The van der Waals surface area contributed by atoms with E-state index in [1.54, 1.807) is 24.3 Å². The average molecular weight is 338 g/mol. The molecule has 0 radical (unpaired) electrons. The van der Waals surface area contributed by atoms with E-state index in [4.69, 9.17) is 14.2 Å². The van der Waals surface area contributed by atoms with Gasteiger partial charge in [0.05, 0.1) is 26.9 Å². The van der Waals surface area contributed by atoms with E-state index in [1.165, 1.54) is 33.5 Å². The summed E-state index contributed by atoms with van der Waals surface area (Å²) in [5.41, 5.74) is 0.744. The predicted molar refractivity (Wildman–Crippen MR) is 86.5 cm³/mol. The molecule has 0 unspecified atom stereocenters. The molecule has 0 aliphatic heterocycles. The molecule has 0 amide bonds. The third kappa shape index (κ3) is 4.01. The van der Waals surface area contributed by atoms with Crippen molar-refractivity contribution in [2.45, 2.75) is 6.18 Å². The third-order valence-corrected chi connectivity index (χ3v) is 3.39. The summed E-state index contributed by atoms with van der Waals surface area (Å²) in [4.78, 5) is 0. The van der Waals surface area contributed by atoms with Crippen molar-refractivity contribution in [1.29, 1.82) is 0 Å². The first kappa shape index (κ1) is 17.7. The fourth-order valence-electron chi connectivity index (χ4n) is 2.17. The summed E-state index contributed by atoms with van der Waals surface area (Å²) >= 11 is 0. The van der Waals surface area contributed by atoms with Crippen LogP contribution in [0, 0.1) is 0 Å². The van der Waals surface area contributed by atoms with Crippen molar-refractivity contribution in [3.63, 3.8) is 0 Å². The Bertz CT molecular complexity index is 694. The minimum atomic E-state index is -4.33.